The largest absolute Gasteiger partial charge is 0.468 e. The first kappa shape index (κ1) is 24.8. The Balaban J connectivity index is 4.71. The number of methoxy groups -OCH3 is 1. The second-order valence-corrected chi connectivity index (χ2v) is 9.07. The van der Waals surface area contributed by atoms with Gasteiger partial charge in [0.15, 0.2) is 5.66 Å². The van der Waals surface area contributed by atoms with Crippen molar-refractivity contribution in [1.82, 2.24) is 0 Å². The van der Waals surface area contributed by atoms with Crippen LogP contribution in [0.5, 0.6) is 0 Å². The van der Waals surface area contributed by atoms with E-state index in [9.17, 15) is 9.36 Å². The summed E-state index contributed by atoms with van der Waals surface area (Å²) >= 11 is 0. The van der Waals surface area contributed by atoms with Gasteiger partial charge in [-0.25, -0.2) is 0 Å². The highest BCUT2D eigenvalue weighted by molar-refractivity contribution is 7.55. The van der Waals surface area contributed by atoms with Gasteiger partial charge in [-0.05, 0) is 59.8 Å². The molecule has 0 fully saturated rings. The average Bonchev–Trinajstić information content (AvgIpc) is 2.60. The molecule has 26 heavy (non-hydrogen) atoms. The molecule has 0 saturated carbocycles. The van der Waals surface area contributed by atoms with Gasteiger partial charge in [-0.2, -0.15) is 0 Å². The van der Waals surface area contributed by atoms with Crippen LogP contribution in [0.25, 0.3) is 0 Å². The third-order valence-electron chi connectivity index (χ3n) is 4.18. The summed E-state index contributed by atoms with van der Waals surface area (Å²) in [4.78, 5) is 11.9. The Labute approximate surface area is 159 Å². The van der Waals surface area contributed by atoms with Crippen molar-refractivity contribution < 1.29 is 23.1 Å². The summed E-state index contributed by atoms with van der Waals surface area (Å²) in [6, 6.07) is 0. The molecule has 0 N–H and O–H groups in total. The van der Waals surface area contributed by atoms with Crippen LogP contribution in [0.4, 0.5) is 0 Å². The first-order valence-electron chi connectivity index (χ1n) is 8.93. The van der Waals surface area contributed by atoms with E-state index in [0.29, 0.717) is 0 Å². The molecule has 0 aromatic heterocycles. The smallest absolute Gasteiger partial charge is 0.344 e. The van der Waals surface area contributed by atoms with E-state index in [1.807, 2.05) is 13.0 Å². The maximum atomic E-state index is 12.5. The summed E-state index contributed by atoms with van der Waals surface area (Å²) in [6.45, 7) is 8.38. The van der Waals surface area contributed by atoms with E-state index in [4.69, 9.17) is 13.8 Å². The summed E-state index contributed by atoms with van der Waals surface area (Å²) in [5.41, 5.74) is 2.91. The van der Waals surface area contributed by atoms with E-state index in [1.54, 1.807) is 0 Å². The number of esters is 1. The van der Waals surface area contributed by atoms with Gasteiger partial charge in [-0.1, -0.05) is 34.9 Å². The fourth-order valence-corrected chi connectivity index (χ4v) is 3.86. The molecule has 0 rings (SSSR count). The minimum absolute atomic E-state index is 0.265. The molecule has 1 atom stereocenters. The summed E-state index contributed by atoms with van der Waals surface area (Å²) in [6.07, 6.45) is 10.7. The standard InChI is InChI=1S/C20H35O5P/c1-16(2)10-8-11-17(3)12-9-13-18(4)14-15-19(20(21)23-5)26(22,24-6)25-7/h10,12,14,19H,8-9,11,13,15H2,1-7H3/b17-12+,18-14+. The summed E-state index contributed by atoms with van der Waals surface area (Å²) < 4.78 is 27.2. The maximum absolute atomic E-state index is 12.5. The van der Waals surface area contributed by atoms with Crippen molar-refractivity contribution in [3.05, 3.63) is 34.9 Å². The van der Waals surface area contributed by atoms with Gasteiger partial charge >= 0.3 is 13.6 Å². The zero-order chi connectivity index (χ0) is 20.2. The average molecular weight is 386 g/mol. The first-order valence-corrected chi connectivity index (χ1v) is 10.5. The SMILES string of the molecule is COC(=O)C(C/C=C(\C)CC/C=C(\C)CCC=C(C)C)P(=O)(OC)OC. The van der Waals surface area contributed by atoms with Crippen LogP contribution < -0.4 is 0 Å². The molecule has 0 spiro atoms. The van der Waals surface area contributed by atoms with Gasteiger partial charge in [0.05, 0.1) is 7.11 Å². The molecule has 0 aliphatic rings. The lowest BCUT2D eigenvalue weighted by Gasteiger charge is -2.21. The summed E-state index contributed by atoms with van der Waals surface area (Å²) in [5, 5.41) is 0. The number of ether oxygens (including phenoxy) is 1. The van der Waals surface area contributed by atoms with E-state index in [1.165, 1.54) is 32.5 Å². The van der Waals surface area contributed by atoms with Crippen molar-refractivity contribution in [2.24, 2.45) is 0 Å². The number of carbonyl (C=O) groups is 1. The molecule has 0 aliphatic carbocycles. The Kier molecular flexibility index (Phi) is 12.5. The Hall–Kier alpha value is -1.16. The molecule has 1 unspecified atom stereocenters. The zero-order valence-electron chi connectivity index (χ0n) is 17.3. The van der Waals surface area contributed by atoms with Crippen LogP contribution in [0, 0.1) is 0 Å². The zero-order valence-corrected chi connectivity index (χ0v) is 18.2. The molecule has 0 heterocycles. The monoisotopic (exact) mass is 386 g/mol. The Morgan fingerprint density at radius 3 is 1.85 bits per heavy atom. The number of hydrogen-bond acceptors (Lipinski definition) is 5. The van der Waals surface area contributed by atoms with Crippen molar-refractivity contribution >= 4 is 13.6 Å². The van der Waals surface area contributed by atoms with Gasteiger partial charge < -0.3 is 13.8 Å². The molecule has 0 aromatic rings. The van der Waals surface area contributed by atoms with E-state index >= 15 is 0 Å². The molecular formula is C20H35O5P. The second-order valence-electron chi connectivity index (χ2n) is 6.64. The van der Waals surface area contributed by atoms with Crippen LogP contribution in [0.2, 0.25) is 0 Å². The van der Waals surface area contributed by atoms with E-state index < -0.39 is 19.2 Å². The topological polar surface area (TPSA) is 61.8 Å². The molecule has 0 aliphatic heterocycles. The summed E-state index contributed by atoms with van der Waals surface area (Å²) in [5.74, 6) is -0.587. The third kappa shape index (κ3) is 9.51. The van der Waals surface area contributed by atoms with E-state index in [-0.39, 0.29) is 6.42 Å². The fourth-order valence-electron chi connectivity index (χ4n) is 2.47. The van der Waals surface area contributed by atoms with E-state index in [0.717, 1.165) is 31.3 Å². The van der Waals surface area contributed by atoms with Gasteiger partial charge in [0.1, 0.15) is 0 Å². The van der Waals surface area contributed by atoms with Gasteiger partial charge in [-0.15, -0.1) is 0 Å². The van der Waals surface area contributed by atoms with Crippen LogP contribution in [0.3, 0.4) is 0 Å². The van der Waals surface area contributed by atoms with Crippen molar-refractivity contribution in [2.45, 2.75) is 65.5 Å². The number of hydrogen-bond donors (Lipinski definition) is 0. The molecular weight excluding hydrogens is 351 g/mol. The minimum atomic E-state index is -3.52. The fraction of sp³-hybridized carbons (Fsp3) is 0.650. The maximum Gasteiger partial charge on any atom is 0.344 e. The van der Waals surface area contributed by atoms with Crippen molar-refractivity contribution in [3.8, 4) is 0 Å². The molecule has 0 bridgehead atoms. The highest BCUT2D eigenvalue weighted by atomic mass is 31.2. The van der Waals surface area contributed by atoms with Crippen LogP contribution in [0.15, 0.2) is 34.9 Å². The van der Waals surface area contributed by atoms with Crippen LogP contribution in [-0.4, -0.2) is 33.0 Å². The van der Waals surface area contributed by atoms with Gasteiger partial charge in [0.2, 0.25) is 0 Å². The molecule has 0 saturated heterocycles. The molecule has 150 valence electrons. The molecule has 0 aromatic carbocycles. The predicted molar refractivity (Wildman–Crippen MR) is 107 cm³/mol. The Bertz CT molecular complexity index is 563. The lowest BCUT2D eigenvalue weighted by molar-refractivity contribution is -0.140. The normalized spacial score (nSPS) is 14.1. The first-order chi connectivity index (χ1) is 12.2. The highest BCUT2D eigenvalue weighted by Gasteiger charge is 2.39. The Morgan fingerprint density at radius 1 is 0.885 bits per heavy atom. The predicted octanol–water partition coefficient (Wildman–Crippen LogP) is 5.82. The van der Waals surface area contributed by atoms with Crippen molar-refractivity contribution in [2.75, 3.05) is 21.3 Å². The molecule has 0 amide bonds. The van der Waals surface area contributed by atoms with Crippen molar-refractivity contribution in [1.29, 1.82) is 0 Å². The van der Waals surface area contributed by atoms with Gasteiger partial charge in [0.25, 0.3) is 0 Å². The van der Waals surface area contributed by atoms with Gasteiger partial charge in [-0.3, -0.25) is 9.36 Å². The lowest BCUT2D eigenvalue weighted by atomic mass is 10.1. The van der Waals surface area contributed by atoms with Crippen LogP contribution in [0.1, 0.15) is 59.8 Å². The highest BCUT2D eigenvalue weighted by Crippen LogP contribution is 2.53. The number of allylic oxidation sites excluding steroid dienone is 6. The molecule has 0 radical (unpaired) electrons. The van der Waals surface area contributed by atoms with E-state index in [2.05, 4.69) is 32.9 Å². The van der Waals surface area contributed by atoms with Gasteiger partial charge in [0, 0.05) is 14.2 Å². The molecule has 6 heteroatoms. The number of carbonyl (C=O) groups excluding carboxylic acids is 1. The second kappa shape index (κ2) is 13.1. The lowest BCUT2D eigenvalue weighted by Crippen LogP contribution is -2.23. The quantitative estimate of drug-likeness (QED) is 0.240. The molecule has 5 nitrogen and oxygen atoms in total. The summed E-state index contributed by atoms with van der Waals surface area (Å²) in [7, 11) is 0.304. The number of rotatable bonds is 12. The van der Waals surface area contributed by atoms with Crippen LogP contribution >= 0.6 is 7.60 Å². The minimum Gasteiger partial charge on any atom is -0.468 e. The Morgan fingerprint density at radius 2 is 1.38 bits per heavy atom. The third-order valence-corrected chi connectivity index (χ3v) is 6.38. The van der Waals surface area contributed by atoms with Crippen molar-refractivity contribution in [3.63, 3.8) is 0 Å². The van der Waals surface area contributed by atoms with Crippen LogP contribution in [-0.2, 0) is 23.1 Å².